The Morgan fingerprint density at radius 1 is 1.00 bits per heavy atom. The average molecular weight is 485 g/mol. The van der Waals surface area contributed by atoms with E-state index in [1.54, 1.807) is 52.8 Å². The van der Waals surface area contributed by atoms with E-state index < -0.39 is 17.6 Å². The first-order valence-electron chi connectivity index (χ1n) is 10.1. The highest BCUT2D eigenvalue weighted by Crippen LogP contribution is 2.31. The number of nitrogens with one attached hydrogen (secondary N) is 2. The normalized spacial score (nSPS) is 11.3. The van der Waals surface area contributed by atoms with Crippen molar-refractivity contribution in [2.75, 3.05) is 11.9 Å². The van der Waals surface area contributed by atoms with Crippen molar-refractivity contribution < 1.29 is 22.8 Å². The smallest absolute Gasteiger partial charge is 0.347 e. The Hall–Kier alpha value is -3.99. The number of anilines is 1. The topological polar surface area (TPSA) is 88.9 Å². The third-order valence-corrected chi connectivity index (χ3v) is 5.66. The molecule has 0 unspecified atom stereocenters. The molecule has 0 atom stereocenters. The van der Waals surface area contributed by atoms with Gasteiger partial charge in [0.05, 0.1) is 29.9 Å². The van der Waals surface area contributed by atoms with Crippen LogP contribution in [0.15, 0.2) is 72.4 Å². The van der Waals surface area contributed by atoms with Gasteiger partial charge in [-0.1, -0.05) is 12.1 Å². The van der Waals surface area contributed by atoms with E-state index >= 15 is 0 Å². The van der Waals surface area contributed by atoms with E-state index in [-0.39, 0.29) is 18.9 Å². The van der Waals surface area contributed by atoms with Crippen LogP contribution in [0.1, 0.15) is 11.3 Å². The summed E-state index contributed by atoms with van der Waals surface area (Å²) >= 11 is 1.23. The fraction of sp³-hybridized carbons (Fsp3) is 0.130. The Kier molecular flexibility index (Phi) is 6.73. The Balaban J connectivity index is 1.25. The van der Waals surface area contributed by atoms with E-state index in [4.69, 9.17) is 0 Å². The first-order valence-corrected chi connectivity index (χ1v) is 10.9. The van der Waals surface area contributed by atoms with E-state index in [1.807, 2.05) is 0 Å². The highest BCUT2D eigenvalue weighted by atomic mass is 32.1. The average Bonchev–Trinajstić information content (AvgIpc) is 3.50. The van der Waals surface area contributed by atoms with Gasteiger partial charge in [0.2, 0.25) is 11.8 Å². The van der Waals surface area contributed by atoms with Crippen molar-refractivity contribution in [3.8, 4) is 16.3 Å². The predicted molar refractivity (Wildman–Crippen MR) is 121 cm³/mol. The number of rotatable bonds is 7. The van der Waals surface area contributed by atoms with Crippen molar-refractivity contribution >= 4 is 28.8 Å². The van der Waals surface area contributed by atoms with Gasteiger partial charge in [-0.05, 0) is 42.5 Å². The van der Waals surface area contributed by atoms with Crippen LogP contribution in [-0.4, -0.2) is 33.1 Å². The number of halogens is 3. The van der Waals surface area contributed by atoms with Crippen LogP contribution in [0.25, 0.3) is 16.3 Å². The third kappa shape index (κ3) is 5.87. The Morgan fingerprint density at radius 2 is 1.74 bits per heavy atom. The van der Waals surface area contributed by atoms with Crippen molar-refractivity contribution in [2.45, 2.75) is 12.6 Å². The number of hydrogen-bond donors (Lipinski definition) is 2. The van der Waals surface area contributed by atoms with Crippen molar-refractivity contribution in [1.82, 2.24) is 20.1 Å². The van der Waals surface area contributed by atoms with Crippen LogP contribution < -0.4 is 10.6 Å². The van der Waals surface area contributed by atoms with Gasteiger partial charge in [0.1, 0.15) is 5.01 Å². The number of nitrogens with zero attached hydrogens (tertiary/aromatic N) is 3. The molecule has 0 radical (unpaired) electrons. The quantitative estimate of drug-likeness (QED) is 0.408. The minimum Gasteiger partial charge on any atom is -0.347 e. The summed E-state index contributed by atoms with van der Waals surface area (Å²) in [6, 6.07) is 13.5. The first-order chi connectivity index (χ1) is 16.3. The molecule has 174 valence electrons. The van der Waals surface area contributed by atoms with Gasteiger partial charge in [-0.25, -0.2) is 9.67 Å². The second kappa shape index (κ2) is 9.87. The van der Waals surface area contributed by atoms with Gasteiger partial charge in [0.15, 0.2) is 0 Å². The van der Waals surface area contributed by atoms with Gasteiger partial charge in [-0.3, -0.25) is 9.59 Å². The summed E-state index contributed by atoms with van der Waals surface area (Å²) in [7, 11) is 0. The molecule has 2 aromatic heterocycles. The minimum absolute atomic E-state index is 0.0526. The standard InChI is InChI=1S/C23H18F3N5O2S/c24-23(25,26)16-4-2-15(3-5-16)22-30-18(14-34-22)12-20(32)27-13-21(33)29-17-6-8-19(9-7-17)31-11-1-10-28-31/h1-11,14H,12-13H2,(H,27,32)(H,29,33). The van der Waals surface area contributed by atoms with Crippen molar-refractivity contribution in [3.63, 3.8) is 0 Å². The van der Waals surface area contributed by atoms with E-state index in [9.17, 15) is 22.8 Å². The molecule has 0 aliphatic heterocycles. The number of alkyl halides is 3. The summed E-state index contributed by atoms with van der Waals surface area (Å²) in [5, 5.41) is 11.5. The molecule has 2 N–H and O–H groups in total. The SMILES string of the molecule is O=C(Cc1csc(-c2ccc(C(F)(F)F)cc2)n1)NCC(=O)Nc1ccc(-n2cccn2)cc1. The molecule has 2 heterocycles. The van der Waals surface area contributed by atoms with Gasteiger partial charge < -0.3 is 10.6 Å². The van der Waals surface area contributed by atoms with E-state index in [0.29, 0.717) is 22.0 Å². The molecule has 4 rings (SSSR count). The first kappa shape index (κ1) is 23.2. The Morgan fingerprint density at radius 3 is 2.38 bits per heavy atom. The third-order valence-electron chi connectivity index (χ3n) is 4.72. The lowest BCUT2D eigenvalue weighted by Gasteiger charge is -2.08. The Bertz CT molecular complexity index is 1270. The molecule has 0 aliphatic carbocycles. The molecule has 0 spiro atoms. The molecule has 0 fully saturated rings. The van der Waals surface area contributed by atoms with Crippen LogP contribution in [0.2, 0.25) is 0 Å². The number of amides is 2. The van der Waals surface area contributed by atoms with Gasteiger partial charge >= 0.3 is 6.18 Å². The van der Waals surface area contributed by atoms with Gasteiger partial charge in [-0.2, -0.15) is 18.3 Å². The summed E-state index contributed by atoms with van der Waals surface area (Å²) in [5.74, 6) is -0.780. The van der Waals surface area contributed by atoms with Crippen LogP contribution >= 0.6 is 11.3 Å². The summed E-state index contributed by atoms with van der Waals surface area (Å²) in [6.07, 6.45) is -0.985. The molecule has 0 saturated carbocycles. The van der Waals surface area contributed by atoms with E-state index in [2.05, 4.69) is 20.7 Å². The zero-order valence-corrected chi connectivity index (χ0v) is 18.4. The fourth-order valence-corrected chi connectivity index (χ4v) is 3.88. The molecule has 0 saturated heterocycles. The maximum Gasteiger partial charge on any atom is 0.416 e. The zero-order chi connectivity index (χ0) is 24.1. The summed E-state index contributed by atoms with van der Waals surface area (Å²) in [5.41, 5.74) is 1.68. The zero-order valence-electron chi connectivity index (χ0n) is 17.5. The molecule has 4 aromatic rings. The molecule has 34 heavy (non-hydrogen) atoms. The number of hydrogen-bond acceptors (Lipinski definition) is 5. The van der Waals surface area contributed by atoms with Crippen molar-refractivity contribution in [3.05, 3.63) is 83.6 Å². The number of thiazole rings is 1. The lowest BCUT2D eigenvalue weighted by molar-refractivity contribution is -0.137. The summed E-state index contributed by atoms with van der Waals surface area (Å²) in [6.45, 7) is -0.213. The van der Waals surface area contributed by atoms with Gasteiger partial charge in [0.25, 0.3) is 0 Å². The van der Waals surface area contributed by atoms with Crippen LogP contribution in [0.5, 0.6) is 0 Å². The fourth-order valence-electron chi connectivity index (χ4n) is 3.05. The molecule has 2 amide bonds. The molecule has 7 nitrogen and oxygen atoms in total. The molecular formula is C23H18F3N5O2S. The van der Waals surface area contributed by atoms with Gasteiger partial charge in [-0.15, -0.1) is 11.3 Å². The second-order valence-electron chi connectivity index (χ2n) is 7.22. The number of aromatic nitrogens is 3. The number of carbonyl (C=O) groups is 2. The monoisotopic (exact) mass is 485 g/mol. The molecule has 0 bridgehead atoms. The number of benzene rings is 2. The van der Waals surface area contributed by atoms with Crippen LogP contribution in [0.4, 0.5) is 18.9 Å². The highest BCUT2D eigenvalue weighted by molar-refractivity contribution is 7.13. The summed E-state index contributed by atoms with van der Waals surface area (Å²) < 4.78 is 39.8. The minimum atomic E-state index is -4.40. The lowest BCUT2D eigenvalue weighted by atomic mass is 10.1. The predicted octanol–water partition coefficient (Wildman–Crippen LogP) is 4.31. The van der Waals surface area contributed by atoms with Crippen LogP contribution in [0.3, 0.4) is 0 Å². The largest absolute Gasteiger partial charge is 0.416 e. The highest BCUT2D eigenvalue weighted by Gasteiger charge is 2.30. The van der Waals surface area contributed by atoms with E-state index in [0.717, 1.165) is 17.8 Å². The molecular weight excluding hydrogens is 467 g/mol. The summed E-state index contributed by atoms with van der Waals surface area (Å²) in [4.78, 5) is 28.6. The number of carbonyl (C=O) groups excluding carboxylic acids is 2. The molecule has 11 heteroatoms. The Labute approximate surface area is 196 Å². The molecule has 0 aliphatic rings. The van der Waals surface area contributed by atoms with Crippen LogP contribution in [-0.2, 0) is 22.2 Å². The second-order valence-corrected chi connectivity index (χ2v) is 8.08. The van der Waals surface area contributed by atoms with Crippen LogP contribution in [0, 0.1) is 0 Å². The van der Waals surface area contributed by atoms with E-state index in [1.165, 1.54) is 23.5 Å². The maximum absolute atomic E-state index is 12.7. The van der Waals surface area contributed by atoms with Crippen molar-refractivity contribution in [1.29, 1.82) is 0 Å². The lowest BCUT2D eigenvalue weighted by Crippen LogP contribution is -2.33. The van der Waals surface area contributed by atoms with Crippen molar-refractivity contribution in [2.24, 2.45) is 0 Å². The maximum atomic E-state index is 12.7. The molecule has 2 aromatic carbocycles. The van der Waals surface area contributed by atoms with Gasteiger partial charge in [0, 0.05) is 29.0 Å².